The molecule has 0 fully saturated rings. The summed E-state index contributed by atoms with van der Waals surface area (Å²) in [6.45, 7) is -0.0125. The van der Waals surface area contributed by atoms with Crippen LogP contribution in [0.3, 0.4) is 0 Å². The van der Waals surface area contributed by atoms with Gasteiger partial charge in [0.25, 0.3) is 0 Å². The van der Waals surface area contributed by atoms with E-state index in [4.69, 9.17) is 25.6 Å². The Balaban J connectivity index is 1.56. The third-order valence-corrected chi connectivity index (χ3v) is 6.96. The van der Waals surface area contributed by atoms with Crippen molar-refractivity contribution < 1.29 is 9.05 Å². The normalized spacial score (nSPS) is 11.5. The highest BCUT2D eigenvalue weighted by molar-refractivity contribution is 6.30. The van der Waals surface area contributed by atoms with E-state index in [0.29, 0.717) is 16.3 Å². The summed E-state index contributed by atoms with van der Waals surface area (Å²) in [6.07, 6.45) is 3.80. The molecule has 0 N–H and O–H groups in total. The summed E-state index contributed by atoms with van der Waals surface area (Å²) in [5.41, 5.74) is 2.44. The van der Waals surface area contributed by atoms with Gasteiger partial charge >= 0.3 is 11.3 Å². The van der Waals surface area contributed by atoms with Gasteiger partial charge in [-0.05, 0) is 34.4 Å². The minimum atomic E-state index is -1.07. The van der Waals surface area contributed by atoms with E-state index in [0.717, 1.165) is 27.2 Å². The lowest BCUT2D eigenvalue weighted by Crippen LogP contribution is -2.36. The first-order chi connectivity index (χ1) is 19.1. The van der Waals surface area contributed by atoms with Crippen molar-refractivity contribution in [2.24, 2.45) is 0 Å². The van der Waals surface area contributed by atoms with Crippen molar-refractivity contribution in [3.63, 3.8) is 0 Å². The predicted octanol–water partition coefficient (Wildman–Crippen LogP) is 5.80. The van der Waals surface area contributed by atoms with E-state index >= 15 is 0 Å². The van der Waals surface area contributed by atoms with Crippen LogP contribution in [0.1, 0.15) is 22.3 Å². The molecule has 0 unspecified atom stereocenters. The Morgan fingerprint density at radius 2 is 1.23 bits per heavy atom. The molecule has 192 valence electrons. The highest BCUT2D eigenvalue weighted by atomic mass is 35.5. The van der Waals surface area contributed by atoms with E-state index < -0.39 is 16.8 Å². The predicted molar refractivity (Wildman–Crippen MR) is 148 cm³/mol. The number of imidazole rings is 1. The fourth-order valence-electron chi connectivity index (χ4n) is 5.06. The molecule has 0 radical (unpaired) electrons. The van der Waals surface area contributed by atoms with E-state index in [-0.39, 0.29) is 6.54 Å². The molecule has 6 aromatic rings. The Kier molecular flexibility index (Phi) is 6.34. The highest BCUT2D eigenvalue weighted by Crippen LogP contribution is 2.41. The monoisotopic (exact) mass is 535 g/mol. The molecule has 0 aliphatic heterocycles. The Bertz CT molecular complexity index is 1710. The second kappa shape index (κ2) is 10.1. The fraction of sp³-hybridized carbons (Fsp3) is 0.0645. The minimum Gasteiger partial charge on any atom is -0.318 e. The molecule has 0 aliphatic rings. The molecule has 0 aliphatic carbocycles. The standard InChI is InChI=1S/C31H22ClN3O4/c32-26-16-17-27(22(18-26)19-35-38-29(36)30(37)39-35)28-20-34(21-33-28)31(23-10-4-1-5-11-23,24-12-6-2-7-13-24)25-14-8-3-9-15-25/h1-18,20-21H,19H2. The number of rotatable bonds is 7. The highest BCUT2D eigenvalue weighted by Gasteiger charge is 2.38. The maximum Gasteiger partial charge on any atom is 0.446 e. The van der Waals surface area contributed by atoms with Crippen molar-refractivity contribution in [1.29, 1.82) is 0 Å². The van der Waals surface area contributed by atoms with Crippen LogP contribution in [0.2, 0.25) is 5.02 Å². The van der Waals surface area contributed by atoms with Gasteiger partial charge in [-0.1, -0.05) is 114 Å². The van der Waals surface area contributed by atoms with Gasteiger partial charge in [-0.25, -0.2) is 14.6 Å². The van der Waals surface area contributed by atoms with Crippen molar-refractivity contribution in [3.05, 3.63) is 170 Å². The first-order valence-electron chi connectivity index (χ1n) is 12.3. The first kappa shape index (κ1) is 24.5. The topological polar surface area (TPSA) is 83.2 Å². The minimum absolute atomic E-state index is 0.0125. The molecule has 4 aromatic carbocycles. The van der Waals surface area contributed by atoms with Crippen LogP contribution in [0.4, 0.5) is 0 Å². The second-order valence-electron chi connectivity index (χ2n) is 9.02. The van der Waals surface area contributed by atoms with Gasteiger partial charge in [0.1, 0.15) is 12.1 Å². The Morgan fingerprint density at radius 1 is 0.718 bits per heavy atom. The largest absolute Gasteiger partial charge is 0.446 e. The quantitative estimate of drug-likeness (QED) is 0.190. The molecule has 7 nitrogen and oxygen atoms in total. The van der Waals surface area contributed by atoms with Crippen molar-refractivity contribution in [2.45, 2.75) is 12.1 Å². The van der Waals surface area contributed by atoms with Crippen LogP contribution in [-0.2, 0) is 12.1 Å². The summed E-state index contributed by atoms with van der Waals surface area (Å²) in [5.74, 6) is 0. The zero-order valence-corrected chi connectivity index (χ0v) is 21.4. The van der Waals surface area contributed by atoms with Crippen LogP contribution in [0.25, 0.3) is 11.3 Å². The van der Waals surface area contributed by atoms with Gasteiger partial charge in [-0.3, -0.25) is 9.05 Å². The smallest absolute Gasteiger partial charge is 0.318 e. The van der Waals surface area contributed by atoms with E-state index in [9.17, 15) is 9.59 Å². The molecular formula is C31H22ClN3O4. The van der Waals surface area contributed by atoms with E-state index in [1.807, 2.05) is 73.2 Å². The Labute approximate surface area is 228 Å². The van der Waals surface area contributed by atoms with Crippen LogP contribution in [0.5, 0.6) is 0 Å². The maximum atomic E-state index is 11.5. The lowest BCUT2D eigenvalue weighted by atomic mass is 9.77. The van der Waals surface area contributed by atoms with Crippen LogP contribution in [0, 0.1) is 0 Å². The summed E-state index contributed by atoms with van der Waals surface area (Å²) in [6, 6.07) is 36.2. The molecule has 2 heterocycles. The van der Waals surface area contributed by atoms with Crippen molar-refractivity contribution in [1.82, 2.24) is 14.5 Å². The summed E-state index contributed by atoms with van der Waals surface area (Å²) in [7, 11) is 0. The zero-order valence-electron chi connectivity index (χ0n) is 20.6. The summed E-state index contributed by atoms with van der Waals surface area (Å²) in [5, 5.41) is 0.484. The van der Waals surface area contributed by atoms with Crippen molar-refractivity contribution >= 4 is 11.6 Å². The van der Waals surface area contributed by atoms with Gasteiger partial charge in [0.2, 0.25) is 0 Å². The van der Waals surface area contributed by atoms with Crippen LogP contribution < -0.4 is 11.3 Å². The van der Waals surface area contributed by atoms with E-state index in [1.54, 1.807) is 12.1 Å². The number of benzene rings is 4. The van der Waals surface area contributed by atoms with Gasteiger partial charge in [-0.2, -0.15) is 0 Å². The average molecular weight is 536 g/mol. The molecular weight excluding hydrogens is 514 g/mol. The molecule has 0 saturated carbocycles. The molecule has 0 amide bonds. The SMILES string of the molecule is O=c1on(Cc2cc(Cl)ccc2-c2cn(C(c3ccccc3)(c3ccccc3)c3ccccc3)cn2)oc1=O. The number of aromatic nitrogens is 3. The van der Waals surface area contributed by atoms with Gasteiger partial charge in [0, 0.05) is 16.8 Å². The number of hydrogen-bond acceptors (Lipinski definition) is 5. The second-order valence-corrected chi connectivity index (χ2v) is 9.46. The zero-order chi connectivity index (χ0) is 26.8. The molecule has 8 heteroatoms. The van der Waals surface area contributed by atoms with Crippen molar-refractivity contribution in [2.75, 3.05) is 0 Å². The molecule has 0 spiro atoms. The van der Waals surface area contributed by atoms with E-state index in [2.05, 4.69) is 41.0 Å². The molecule has 6 rings (SSSR count). The molecule has 0 bridgehead atoms. The van der Waals surface area contributed by atoms with Crippen LogP contribution in [0.15, 0.2) is 140 Å². The third kappa shape index (κ3) is 4.43. The Morgan fingerprint density at radius 3 is 1.74 bits per heavy atom. The Hall–Kier alpha value is -4.88. The molecule has 0 saturated heterocycles. The van der Waals surface area contributed by atoms with Crippen molar-refractivity contribution in [3.8, 4) is 11.3 Å². The third-order valence-electron chi connectivity index (χ3n) is 6.72. The molecule has 2 aromatic heterocycles. The van der Waals surface area contributed by atoms with Gasteiger partial charge in [0.15, 0.2) is 0 Å². The van der Waals surface area contributed by atoms with E-state index in [1.165, 1.54) is 0 Å². The lowest BCUT2D eigenvalue weighted by molar-refractivity contribution is 0.0854. The van der Waals surface area contributed by atoms with Crippen LogP contribution in [-0.4, -0.2) is 14.5 Å². The van der Waals surface area contributed by atoms with Gasteiger partial charge in [-0.15, -0.1) is 0 Å². The number of halogens is 1. The van der Waals surface area contributed by atoms with Crippen LogP contribution >= 0.6 is 11.6 Å². The first-order valence-corrected chi connectivity index (χ1v) is 12.6. The van der Waals surface area contributed by atoms with Gasteiger partial charge in [0.05, 0.1) is 12.0 Å². The fourth-order valence-corrected chi connectivity index (χ4v) is 5.25. The summed E-state index contributed by atoms with van der Waals surface area (Å²) >= 11 is 6.31. The van der Waals surface area contributed by atoms with Gasteiger partial charge < -0.3 is 4.57 Å². The molecule has 39 heavy (non-hydrogen) atoms. The average Bonchev–Trinajstić information content (AvgIpc) is 3.57. The maximum absolute atomic E-state index is 11.5. The number of nitrogens with zero attached hydrogens (tertiary/aromatic N) is 3. The summed E-state index contributed by atoms with van der Waals surface area (Å²) < 4.78 is 11.9. The molecule has 0 atom stereocenters. The lowest BCUT2D eigenvalue weighted by Gasteiger charge is -2.37. The summed E-state index contributed by atoms with van der Waals surface area (Å²) in [4.78, 5) is 28.7. The number of hydrogen-bond donors (Lipinski definition) is 0.